The first-order valence-electron chi connectivity index (χ1n) is 12.1. The highest BCUT2D eigenvalue weighted by Gasteiger charge is 2.12. The van der Waals surface area contributed by atoms with Crippen molar-refractivity contribution < 1.29 is 9.53 Å². The van der Waals surface area contributed by atoms with E-state index in [0.29, 0.717) is 17.9 Å². The quantitative estimate of drug-likeness (QED) is 0.164. The van der Waals surface area contributed by atoms with Crippen LogP contribution in [0.5, 0.6) is 5.75 Å². The molecule has 0 aliphatic heterocycles. The van der Waals surface area contributed by atoms with Crippen molar-refractivity contribution in [3.63, 3.8) is 0 Å². The van der Waals surface area contributed by atoms with Crippen LogP contribution < -0.4 is 10.2 Å². The third-order valence-electron chi connectivity index (χ3n) is 5.89. The molecule has 188 valence electrons. The van der Waals surface area contributed by atoms with Gasteiger partial charge in [-0.2, -0.15) is 10.2 Å². The molecule has 38 heavy (non-hydrogen) atoms. The Balaban J connectivity index is 1.27. The Morgan fingerprint density at radius 1 is 0.947 bits per heavy atom. The van der Waals surface area contributed by atoms with Crippen molar-refractivity contribution in [3.05, 3.63) is 136 Å². The Kier molecular flexibility index (Phi) is 7.75. The number of hydrazone groups is 1. The standard InChI is InChI=1S/C31H25BrN4O2/c1-22-7-9-23(10-8-22)21-38-29-17-13-25(14-18-29)31(37)34-33-19-26-20-36(28-5-3-2-4-6-28)35-30(26)24-11-15-27(32)16-12-24/h2-20H,21H2,1H3,(H,34,37)/b33-19+. The van der Waals surface area contributed by atoms with Gasteiger partial charge in [0.15, 0.2) is 0 Å². The molecule has 0 aliphatic rings. The molecule has 0 aliphatic carbocycles. The number of hydrogen-bond donors (Lipinski definition) is 1. The molecular formula is C31H25BrN4O2. The monoisotopic (exact) mass is 564 g/mol. The summed E-state index contributed by atoms with van der Waals surface area (Å²) in [6.07, 6.45) is 3.50. The summed E-state index contributed by atoms with van der Waals surface area (Å²) in [5.41, 5.74) is 8.80. The zero-order valence-corrected chi connectivity index (χ0v) is 22.3. The first-order valence-corrected chi connectivity index (χ1v) is 12.9. The van der Waals surface area contributed by atoms with Gasteiger partial charge in [-0.3, -0.25) is 4.79 Å². The number of halogens is 1. The van der Waals surface area contributed by atoms with E-state index in [9.17, 15) is 4.79 Å². The van der Waals surface area contributed by atoms with Crippen LogP contribution in [0.15, 0.2) is 119 Å². The molecule has 0 atom stereocenters. The van der Waals surface area contributed by atoms with Crippen molar-refractivity contribution in [1.82, 2.24) is 15.2 Å². The number of rotatable bonds is 8. The summed E-state index contributed by atoms with van der Waals surface area (Å²) in [5.74, 6) is 0.380. The van der Waals surface area contributed by atoms with E-state index in [1.807, 2.05) is 72.9 Å². The van der Waals surface area contributed by atoms with Crippen LogP contribution in [0.25, 0.3) is 16.9 Å². The van der Waals surface area contributed by atoms with Crippen molar-refractivity contribution in [2.45, 2.75) is 13.5 Å². The maximum absolute atomic E-state index is 12.7. The number of para-hydroxylation sites is 1. The third-order valence-corrected chi connectivity index (χ3v) is 6.42. The lowest BCUT2D eigenvalue weighted by Crippen LogP contribution is -2.17. The van der Waals surface area contributed by atoms with Crippen molar-refractivity contribution in [3.8, 4) is 22.7 Å². The molecule has 5 rings (SSSR count). The first kappa shape index (κ1) is 25.2. The van der Waals surface area contributed by atoms with Gasteiger partial charge < -0.3 is 4.74 Å². The number of benzene rings is 4. The molecule has 0 fully saturated rings. The van der Waals surface area contributed by atoms with Crippen LogP contribution >= 0.6 is 15.9 Å². The molecule has 0 spiro atoms. The molecule has 7 heteroatoms. The van der Waals surface area contributed by atoms with Crippen LogP contribution in [-0.2, 0) is 6.61 Å². The van der Waals surface area contributed by atoms with Crippen LogP contribution in [0.1, 0.15) is 27.0 Å². The fourth-order valence-electron chi connectivity index (χ4n) is 3.81. The predicted octanol–water partition coefficient (Wildman–Crippen LogP) is 6.95. The molecule has 0 bridgehead atoms. The molecule has 1 heterocycles. The van der Waals surface area contributed by atoms with Gasteiger partial charge in [0.2, 0.25) is 0 Å². The number of ether oxygens (including phenoxy) is 1. The normalized spacial score (nSPS) is 11.0. The summed E-state index contributed by atoms with van der Waals surface area (Å²) < 4.78 is 8.62. The smallest absolute Gasteiger partial charge is 0.271 e. The molecule has 5 aromatic rings. The summed E-state index contributed by atoms with van der Waals surface area (Å²) in [7, 11) is 0. The van der Waals surface area contributed by atoms with Gasteiger partial charge in [-0.05, 0) is 61.0 Å². The number of aromatic nitrogens is 2. The summed E-state index contributed by atoms with van der Waals surface area (Å²) >= 11 is 3.48. The fourth-order valence-corrected chi connectivity index (χ4v) is 4.07. The molecule has 0 saturated heterocycles. The van der Waals surface area contributed by atoms with E-state index < -0.39 is 0 Å². The highest BCUT2D eigenvalue weighted by molar-refractivity contribution is 9.10. The third kappa shape index (κ3) is 6.25. The summed E-state index contributed by atoms with van der Waals surface area (Å²) in [6.45, 7) is 2.52. The number of carbonyl (C=O) groups is 1. The number of hydrogen-bond acceptors (Lipinski definition) is 4. The van der Waals surface area contributed by atoms with E-state index in [4.69, 9.17) is 9.84 Å². The molecular weight excluding hydrogens is 540 g/mol. The van der Waals surface area contributed by atoms with Crippen molar-refractivity contribution >= 4 is 28.1 Å². The van der Waals surface area contributed by atoms with E-state index in [-0.39, 0.29) is 5.91 Å². The van der Waals surface area contributed by atoms with E-state index in [2.05, 4.69) is 45.5 Å². The van der Waals surface area contributed by atoms with Gasteiger partial charge >= 0.3 is 0 Å². The van der Waals surface area contributed by atoms with Gasteiger partial charge in [0, 0.05) is 27.4 Å². The zero-order chi connectivity index (χ0) is 26.3. The summed E-state index contributed by atoms with van der Waals surface area (Å²) in [5, 5.41) is 8.99. The predicted molar refractivity (Wildman–Crippen MR) is 154 cm³/mol. The van der Waals surface area contributed by atoms with Crippen LogP contribution in [0.4, 0.5) is 0 Å². The van der Waals surface area contributed by atoms with Gasteiger partial charge in [0.1, 0.15) is 18.1 Å². The van der Waals surface area contributed by atoms with E-state index in [1.54, 1.807) is 35.2 Å². The Morgan fingerprint density at radius 3 is 2.37 bits per heavy atom. The van der Waals surface area contributed by atoms with E-state index >= 15 is 0 Å². The molecule has 0 saturated carbocycles. The number of carbonyl (C=O) groups excluding carboxylic acids is 1. The zero-order valence-electron chi connectivity index (χ0n) is 20.7. The largest absolute Gasteiger partial charge is 0.489 e. The Morgan fingerprint density at radius 2 is 1.66 bits per heavy atom. The maximum Gasteiger partial charge on any atom is 0.271 e. The van der Waals surface area contributed by atoms with Gasteiger partial charge in [-0.15, -0.1) is 0 Å². The first-order chi connectivity index (χ1) is 18.5. The number of nitrogens with one attached hydrogen (secondary N) is 1. The lowest BCUT2D eigenvalue weighted by molar-refractivity contribution is 0.0955. The minimum absolute atomic E-state index is 0.313. The van der Waals surface area contributed by atoms with Crippen molar-refractivity contribution in [1.29, 1.82) is 0 Å². The van der Waals surface area contributed by atoms with Crippen molar-refractivity contribution in [2.24, 2.45) is 5.10 Å². The van der Waals surface area contributed by atoms with Crippen molar-refractivity contribution in [2.75, 3.05) is 0 Å². The molecule has 0 unspecified atom stereocenters. The topological polar surface area (TPSA) is 68.5 Å². The second-order valence-corrected chi connectivity index (χ2v) is 9.63. The summed E-state index contributed by atoms with van der Waals surface area (Å²) in [6, 6.07) is 32.9. The molecule has 1 N–H and O–H groups in total. The Labute approximate surface area is 229 Å². The number of amides is 1. The van der Waals surface area contributed by atoms with Gasteiger partial charge in [-0.25, -0.2) is 10.1 Å². The van der Waals surface area contributed by atoms with Gasteiger partial charge in [-0.1, -0.05) is 76.1 Å². The molecule has 1 amide bonds. The average molecular weight is 565 g/mol. The second kappa shape index (κ2) is 11.7. The van der Waals surface area contributed by atoms with Crippen LogP contribution in [-0.4, -0.2) is 21.9 Å². The minimum atomic E-state index is -0.313. The lowest BCUT2D eigenvalue weighted by Gasteiger charge is -2.07. The fraction of sp³-hybridized carbons (Fsp3) is 0.0645. The lowest BCUT2D eigenvalue weighted by atomic mass is 10.1. The number of aryl methyl sites for hydroxylation is 1. The Bertz CT molecular complexity index is 1540. The van der Waals surface area contributed by atoms with E-state index in [1.165, 1.54) is 5.56 Å². The van der Waals surface area contributed by atoms with E-state index in [0.717, 1.165) is 32.5 Å². The van der Waals surface area contributed by atoms with Crippen LogP contribution in [0, 0.1) is 6.92 Å². The second-order valence-electron chi connectivity index (χ2n) is 8.72. The van der Waals surface area contributed by atoms with Crippen LogP contribution in [0.3, 0.4) is 0 Å². The van der Waals surface area contributed by atoms with Gasteiger partial charge in [0.25, 0.3) is 5.91 Å². The molecule has 1 aromatic heterocycles. The molecule has 6 nitrogen and oxygen atoms in total. The summed E-state index contributed by atoms with van der Waals surface area (Å²) in [4.78, 5) is 12.7. The maximum atomic E-state index is 12.7. The minimum Gasteiger partial charge on any atom is -0.489 e. The Hall–Kier alpha value is -4.49. The average Bonchev–Trinajstić information content (AvgIpc) is 3.38. The van der Waals surface area contributed by atoms with Gasteiger partial charge in [0.05, 0.1) is 11.9 Å². The highest BCUT2D eigenvalue weighted by Crippen LogP contribution is 2.24. The highest BCUT2D eigenvalue weighted by atomic mass is 79.9. The van der Waals surface area contributed by atoms with Crippen LogP contribution in [0.2, 0.25) is 0 Å². The molecule has 0 radical (unpaired) electrons. The molecule has 4 aromatic carbocycles. The SMILES string of the molecule is Cc1ccc(COc2ccc(C(=O)N/N=C/c3cn(-c4ccccc4)nc3-c3ccc(Br)cc3)cc2)cc1. The number of nitrogens with zero attached hydrogens (tertiary/aromatic N) is 3.